The summed E-state index contributed by atoms with van der Waals surface area (Å²) >= 11 is 0. The molecule has 2 N–H and O–H groups in total. The molecule has 1 aliphatic carbocycles. The Hall–Kier alpha value is -0.0800. The van der Waals surface area contributed by atoms with Crippen molar-refractivity contribution in [2.45, 2.75) is 103 Å². The van der Waals surface area contributed by atoms with Crippen LogP contribution in [0.2, 0.25) is 0 Å². The van der Waals surface area contributed by atoms with Gasteiger partial charge in [0.2, 0.25) is 0 Å². The highest BCUT2D eigenvalue weighted by Gasteiger charge is 2.56. The zero-order chi connectivity index (χ0) is 16.2. The first-order valence-corrected chi connectivity index (χ1v) is 9.96. The summed E-state index contributed by atoms with van der Waals surface area (Å²) in [7, 11) is 0. The molecule has 0 aromatic rings. The molecule has 0 radical (unpaired) electrons. The number of unbranched alkanes of at least 4 members (excludes halogenated alkanes) is 5. The predicted octanol–water partition coefficient (Wildman–Crippen LogP) is 4.96. The second-order valence-corrected chi connectivity index (χ2v) is 8.77. The standard InChI is InChI=1S/C20H40N2/c1-5-7-9-10-11-13-20(4,12-8-6-2)22-15-17-18(21)14-19(17,3)16-22/h17-18H,5-16,21H2,1-4H3/t17-,18?,19-,20?/m0/s1. The Labute approximate surface area is 139 Å². The number of hydrogen-bond donors (Lipinski definition) is 1. The SMILES string of the molecule is CCCCCCCC(C)(CCCC)N1C[C@H]2C(N)C[C@@]2(C)C1. The van der Waals surface area contributed by atoms with Crippen LogP contribution < -0.4 is 5.73 Å². The van der Waals surface area contributed by atoms with E-state index in [4.69, 9.17) is 5.73 Å². The van der Waals surface area contributed by atoms with Crippen molar-refractivity contribution in [1.82, 2.24) is 4.90 Å². The maximum atomic E-state index is 6.28. The molecule has 2 unspecified atom stereocenters. The molecule has 2 rings (SSSR count). The minimum absolute atomic E-state index is 0.419. The molecule has 2 nitrogen and oxygen atoms in total. The fraction of sp³-hybridized carbons (Fsp3) is 1.00. The molecule has 4 atom stereocenters. The number of likely N-dealkylation sites (tertiary alicyclic amines) is 1. The molecule has 2 fully saturated rings. The van der Waals surface area contributed by atoms with Gasteiger partial charge in [0.15, 0.2) is 0 Å². The second kappa shape index (κ2) is 7.66. The van der Waals surface area contributed by atoms with Crippen LogP contribution in [0, 0.1) is 11.3 Å². The summed E-state index contributed by atoms with van der Waals surface area (Å²) in [6.07, 6.45) is 13.7. The fourth-order valence-corrected chi connectivity index (χ4v) is 4.98. The van der Waals surface area contributed by atoms with Gasteiger partial charge >= 0.3 is 0 Å². The third-order valence-electron chi connectivity index (χ3n) is 6.73. The van der Waals surface area contributed by atoms with E-state index in [9.17, 15) is 0 Å². The first-order valence-electron chi connectivity index (χ1n) is 9.96. The van der Waals surface area contributed by atoms with Gasteiger partial charge in [0.1, 0.15) is 0 Å². The molecule has 1 saturated carbocycles. The lowest BCUT2D eigenvalue weighted by Gasteiger charge is -2.46. The van der Waals surface area contributed by atoms with E-state index in [0.29, 0.717) is 17.0 Å². The van der Waals surface area contributed by atoms with Crippen molar-refractivity contribution in [3.8, 4) is 0 Å². The number of nitrogens with two attached hydrogens (primary N) is 1. The average molecular weight is 309 g/mol. The monoisotopic (exact) mass is 308 g/mol. The van der Waals surface area contributed by atoms with Crippen molar-refractivity contribution < 1.29 is 0 Å². The summed E-state index contributed by atoms with van der Waals surface area (Å²) in [5, 5.41) is 0. The lowest BCUT2D eigenvalue weighted by molar-refractivity contribution is 0.0688. The molecular weight excluding hydrogens is 268 g/mol. The van der Waals surface area contributed by atoms with Gasteiger partial charge in [-0.05, 0) is 37.5 Å². The van der Waals surface area contributed by atoms with Gasteiger partial charge in [-0.25, -0.2) is 0 Å². The topological polar surface area (TPSA) is 29.3 Å². The Balaban J connectivity index is 1.90. The molecule has 0 amide bonds. The average Bonchev–Trinajstić information content (AvgIpc) is 2.77. The Morgan fingerprint density at radius 3 is 2.27 bits per heavy atom. The molecule has 0 aromatic heterocycles. The first kappa shape index (κ1) is 18.3. The van der Waals surface area contributed by atoms with Crippen molar-refractivity contribution >= 4 is 0 Å². The van der Waals surface area contributed by atoms with Crippen LogP contribution in [-0.4, -0.2) is 29.6 Å². The zero-order valence-corrected chi connectivity index (χ0v) is 15.7. The largest absolute Gasteiger partial charge is 0.327 e. The third-order valence-corrected chi connectivity index (χ3v) is 6.73. The fourth-order valence-electron chi connectivity index (χ4n) is 4.98. The second-order valence-electron chi connectivity index (χ2n) is 8.77. The van der Waals surface area contributed by atoms with E-state index >= 15 is 0 Å². The van der Waals surface area contributed by atoms with Gasteiger partial charge < -0.3 is 5.73 Å². The Kier molecular flexibility index (Phi) is 6.36. The molecule has 130 valence electrons. The molecule has 2 heteroatoms. The Bertz CT molecular complexity index is 343. The van der Waals surface area contributed by atoms with Crippen molar-refractivity contribution in [2.24, 2.45) is 17.1 Å². The van der Waals surface area contributed by atoms with Crippen molar-refractivity contribution in [3.05, 3.63) is 0 Å². The quantitative estimate of drug-likeness (QED) is 0.578. The molecular formula is C20H40N2. The summed E-state index contributed by atoms with van der Waals surface area (Å²) in [5.41, 5.74) is 7.22. The van der Waals surface area contributed by atoms with Gasteiger partial charge in [-0.2, -0.15) is 0 Å². The summed E-state index contributed by atoms with van der Waals surface area (Å²) in [5.74, 6) is 0.758. The number of nitrogens with zero attached hydrogens (tertiary/aromatic N) is 1. The third kappa shape index (κ3) is 3.87. The van der Waals surface area contributed by atoms with Gasteiger partial charge in [0.05, 0.1) is 0 Å². The van der Waals surface area contributed by atoms with E-state index < -0.39 is 0 Å². The van der Waals surface area contributed by atoms with Gasteiger partial charge in [-0.15, -0.1) is 0 Å². The van der Waals surface area contributed by atoms with Crippen LogP contribution in [0.5, 0.6) is 0 Å². The molecule has 1 heterocycles. The maximum Gasteiger partial charge on any atom is 0.0181 e. The van der Waals surface area contributed by atoms with Crippen LogP contribution in [-0.2, 0) is 0 Å². The predicted molar refractivity (Wildman–Crippen MR) is 97.1 cm³/mol. The number of rotatable bonds is 10. The van der Waals surface area contributed by atoms with E-state index in [0.717, 1.165) is 5.92 Å². The van der Waals surface area contributed by atoms with Crippen LogP contribution in [0.3, 0.4) is 0 Å². The van der Waals surface area contributed by atoms with Crippen LogP contribution in [0.15, 0.2) is 0 Å². The Morgan fingerprint density at radius 2 is 1.68 bits per heavy atom. The molecule has 0 bridgehead atoms. The van der Waals surface area contributed by atoms with Crippen LogP contribution in [0.25, 0.3) is 0 Å². The Morgan fingerprint density at radius 1 is 1.05 bits per heavy atom. The minimum Gasteiger partial charge on any atom is -0.327 e. The van der Waals surface area contributed by atoms with E-state index in [-0.39, 0.29) is 0 Å². The minimum atomic E-state index is 0.419. The normalized spacial score (nSPS) is 34.2. The lowest BCUT2D eigenvalue weighted by Crippen LogP contribution is -2.53. The number of hydrogen-bond acceptors (Lipinski definition) is 2. The zero-order valence-electron chi connectivity index (χ0n) is 15.7. The first-order chi connectivity index (χ1) is 10.4. The van der Waals surface area contributed by atoms with Crippen molar-refractivity contribution in [2.75, 3.05) is 13.1 Å². The van der Waals surface area contributed by atoms with Crippen LogP contribution in [0.4, 0.5) is 0 Å². The van der Waals surface area contributed by atoms with Crippen LogP contribution in [0.1, 0.15) is 91.9 Å². The smallest absolute Gasteiger partial charge is 0.0181 e. The summed E-state index contributed by atoms with van der Waals surface area (Å²) in [6.45, 7) is 12.2. The highest BCUT2D eigenvalue weighted by Crippen LogP contribution is 2.53. The van der Waals surface area contributed by atoms with Gasteiger partial charge in [0, 0.05) is 24.7 Å². The van der Waals surface area contributed by atoms with Gasteiger partial charge in [-0.3, -0.25) is 4.90 Å². The van der Waals surface area contributed by atoms with E-state index in [2.05, 4.69) is 32.6 Å². The molecule has 22 heavy (non-hydrogen) atoms. The van der Waals surface area contributed by atoms with Crippen LogP contribution >= 0.6 is 0 Å². The number of fused-ring (bicyclic) bond motifs is 1. The molecule has 2 aliphatic rings. The van der Waals surface area contributed by atoms with E-state index in [1.54, 1.807) is 0 Å². The van der Waals surface area contributed by atoms with Crippen molar-refractivity contribution in [3.63, 3.8) is 0 Å². The molecule has 1 aliphatic heterocycles. The van der Waals surface area contributed by atoms with Crippen molar-refractivity contribution in [1.29, 1.82) is 0 Å². The maximum absolute atomic E-state index is 6.28. The van der Waals surface area contributed by atoms with Gasteiger partial charge in [0.25, 0.3) is 0 Å². The summed E-state index contributed by atoms with van der Waals surface area (Å²) in [4.78, 5) is 2.83. The highest BCUT2D eigenvalue weighted by molar-refractivity contribution is 5.10. The molecule has 0 aromatic carbocycles. The summed E-state index contributed by atoms with van der Waals surface area (Å²) in [6, 6.07) is 0.468. The highest BCUT2D eigenvalue weighted by atomic mass is 15.2. The van der Waals surface area contributed by atoms with E-state index in [1.807, 2.05) is 0 Å². The lowest BCUT2D eigenvalue weighted by atomic mass is 9.60. The molecule has 1 saturated heterocycles. The van der Waals surface area contributed by atoms with Gasteiger partial charge in [-0.1, -0.05) is 65.7 Å². The van der Waals surface area contributed by atoms with E-state index in [1.165, 1.54) is 77.3 Å². The summed E-state index contributed by atoms with van der Waals surface area (Å²) < 4.78 is 0. The molecule has 0 spiro atoms.